The van der Waals surface area contributed by atoms with Gasteiger partial charge < -0.3 is 10.6 Å². The molecule has 1 aliphatic rings. The van der Waals surface area contributed by atoms with Crippen LogP contribution in [0.4, 0.5) is 0 Å². The highest BCUT2D eigenvalue weighted by Gasteiger charge is 2.22. The van der Waals surface area contributed by atoms with Crippen molar-refractivity contribution in [3.05, 3.63) is 0 Å². The fourth-order valence-corrected chi connectivity index (χ4v) is 1.31. The summed E-state index contributed by atoms with van der Waals surface area (Å²) in [6.45, 7) is 1.52. The highest BCUT2D eigenvalue weighted by atomic mass is 16.1. The Morgan fingerprint density at radius 1 is 1.55 bits per heavy atom. The molecule has 1 amide bonds. The lowest BCUT2D eigenvalue weighted by atomic mass is 9.92. The number of nitrogens with zero attached hydrogens (tertiary/aromatic N) is 1. The first kappa shape index (κ1) is 8.53. The lowest BCUT2D eigenvalue weighted by Gasteiger charge is -2.34. The summed E-state index contributed by atoms with van der Waals surface area (Å²) < 4.78 is 0. The van der Waals surface area contributed by atoms with Gasteiger partial charge >= 0.3 is 0 Å². The third kappa shape index (κ3) is 2.19. The van der Waals surface area contributed by atoms with Gasteiger partial charge in [-0.15, -0.1) is 0 Å². The first-order valence-corrected chi connectivity index (χ1v) is 4.29. The lowest BCUT2D eigenvalue weighted by molar-refractivity contribution is -0.121. The maximum atomic E-state index is 10.5. The van der Waals surface area contributed by atoms with Crippen LogP contribution in [0.2, 0.25) is 0 Å². The summed E-state index contributed by atoms with van der Waals surface area (Å²) in [6.07, 6.45) is 5.53. The fraction of sp³-hybridized carbons (Fsp3) is 0.875. The van der Waals surface area contributed by atoms with E-state index in [2.05, 4.69) is 0 Å². The SMILES string of the molecule is NCCCN(C=O)C1CCC1. The maximum Gasteiger partial charge on any atom is 0.209 e. The van der Waals surface area contributed by atoms with Gasteiger partial charge in [0.25, 0.3) is 0 Å². The van der Waals surface area contributed by atoms with Crippen LogP contribution in [0.5, 0.6) is 0 Å². The van der Waals surface area contributed by atoms with Crippen LogP contribution in [0.15, 0.2) is 0 Å². The summed E-state index contributed by atoms with van der Waals surface area (Å²) in [5, 5.41) is 0. The van der Waals surface area contributed by atoms with E-state index in [1.165, 1.54) is 19.3 Å². The normalized spacial score (nSPS) is 17.5. The molecule has 0 aromatic rings. The Labute approximate surface area is 67.5 Å². The standard InChI is InChI=1S/C8H16N2O/c9-5-2-6-10(7-11)8-3-1-4-8/h7-8H,1-6,9H2. The van der Waals surface area contributed by atoms with E-state index < -0.39 is 0 Å². The van der Waals surface area contributed by atoms with Gasteiger partial charge in [0.05, 0.1) is 0 Å². The Morgan fingerprint density at radius 3 is 2.64 bits per heavy atom. The van der Waals surface area contributed by atoms with E-state index in [1.807, 2.05) is 4.90 Å². The minimum Gasteiger partial charge on any atom is -0.342 e. The monoisotopic (exact) mass is 156 g/mol. The topological polar surface area (TPSA) is 46.3 Å². The highest BCUT2D eigenvalue weighted by molar-refractivity contribution is 5.47. The van der Waals surface area contributed by atoms with Crippen LogP contribution < -0.4 is 5.73 Å². The molecule has 0 unspecified atom stereocenters. The van der Waals surface area contributed by atoms with Crippen LogP contribution in [-0.2, 0) is 4.79 Å². The molecule has 1 saturated carbocycles. The van der Waals surface area contributed by atoms with Crippen LogP contribution in [0, 0.1) is 0 Å². The number of hydrogen-bond donors (Lipinski definition) is 1. The largest absolute Gasteiger partial charge is 0.342 e. The molecular weight excluding hydrogens is 140 g/mol. The summed E-state index contributed by atoms with van der Waals surface area (Å²) in [7, 11) is 0. The maximum absolute atomic E-state index is 10.5. The Balaban J connectivity index is 2.18. The van der Waals surface area contributed by atoms with E-state index in [0.29, 0.717) is 12.6 Å². The molecule has 0 aromatic heterocycles. The number of rotatable bonds is 5. The second-order valence-corrected chi connectivity index (χ2v) is 3.07. The third-order valence-corrected chi connectivity index (χ3v) is 2.30. The van der Waals surface area contributed by atoms with Crippen molar-refractivity contribution in [2.24, 2.45) is 5.73 Å². The van der Waals surface area contributed by atoms with E-state index in [0.717, 1.165) is 19.4 Å². The summed E-state index contributed by atoms with van der Waals surface area (Å²) >= 11 is 0. The zero-order valence-corrected chi connectivity index (χ0v) is 6.83. The van der Waals surface area contributed by atoms with Gasteiger partial charge in [-0.1, -0.05) is 0 Å². The molecule has 0 spiro atoms. The van der Waals surface area contributed by atoms with E-state index in [-0.39, 0.29) is 0 Å². The van der Waals surface area contributed by atoms with Crippen LogP contribution in [0.1, 0.15) is 25.7 Å². The first-order chi connectivity index (χ1) is 5.38. The molecule has 3 heteroatoms. The number of amides is 1. The van der Waals surface area contributed by atoms with Gasteiger partial charge in [-0.3, -0.25) is 4.79 Å². The summed E-state index contributed by atoms with van der Waals surface area (Å²) in [5.74, 6) is 0. The van der Waals surface area contributed by atoms with Gasteiger partial charge in [0.1, 0.15) is 0 Å². The summed E-state index contributed by atoms with van der Waals surface area (Å²) in [5.41, 5.74) is 5.35. The van der Waals surface area contributed by atoms with Crippen molar-refractivity contribution in [2.75, 3.05) is 13.1 Å². The average Bonchev–Trinajstić information content (AvgIpc) is 1.93. The summed E-state index contributed by atoms with van der Waals surface area (Å²) in [6, 6.07) is 0.527. The smallest absolute Gasteiger partial charge is 0.209 e. The third-order valence-electron chi connectivity index (χ3n) is 2.30. The molecule has 0 radical (unpaired) electrons. The highest BCUT2D eigenvalue weighted by Crippen LogP contribution is 2.23. The van der Waals surface area contributed by atoms with Crippen LogP contribution >= 0.6 is 0 Å². The molecule has 11 heavy (non-hydrogen) atoms. The molecule has 0 aromatic carbocycles. The number of carbonyl (C=O) groups excluding carboxylic acids is 1. The molecule has 64 valence electrons. The fourth-order valence-electron chi connectivity index (χ4n) is 1.31. The molecule has 0 atom stereocenters. The molecule has 2 N–H and O–H groups in total. The van der Waals surface area contributed by atoms with Gasteiger partial charge in [-0.25, -0.2) is 0 Å². The van der Waals surface area contributed by atoms with Crippen LogP contribution in [0.3, 0.4) is 0 Å². The van der Waals surface area contributed by atoms with Gasteiger partial charge in [-0.05, 0) is 32.2 Å². The van der Waals surface area contributed by atoms with Crippen LogP contribution in [0.25, 0.3) is 0 Å². The van der Waals surface area contributed by atoms with Crippen molar-refractivity contribution in [2.45, 2.75) is 31.7 Å². The molecule has 0 heterocycles. The second-order valence-electron chi connectivity index (χ2n) is 3.07. The zero-order chi connectivity index (χ0) is 8.10. The van der Waals surface area contributed by atoms with Crippen LogP contribution in [-0.4, -0.2) is 30.4 Å². The van der Waals surface area contributed by atoms with E-state index in [4.69, 9.17) is 5.73 Å². The van der Waals surface area contributed by atoms with Crippen molar-refractivity contribution in [1.29, 1.82) is 0 Å². The molecule has 1 fully saturated rings. The Bertz CT molecular complexity index is 123. The van der Waals surface area contributed by atoms with Crippen molar-refractivity contribution < 1.29 is 4.79 Å². The molecule has 1 rings (SSSR count). The van der Waals surface area contributed by atoms with Gasteiger partial charge in [0.15, 0.2) is 0 Å². The molecule has 0 saturated heterocycles. The van der Waals surface area contributed by atoms with Crippen molar-refractivity contribution in [3.63, 3.8) is 0 Å². The molecule has 0 bridgehead atoms. The molecule has 0 aliphatic heterocycles. The lowest BCUT2D eigenvalue weighted by Crippen LogP contribution is -2.40. The average molecular weight is 156 g/mol. The van der Waals surface area contributed by atoms with Gasteiger partial charge in [-0.2, -0.15) is 0 Å². The minimum atomic E-state index is 0.527. The minimum absolute atomic E-state index is 0.527. The van der Waals surface area contributed by atoms with Crippen molar-refractivity contribution in [1.82, 2.24) is 4.90 Å². The van der Waals surface area contributed by atoms with Crippen molar-refractivity contribution >= 4 is 6.41 Å². The number of hydrogen-bond acceptors (Lipinski definition) is 2. The number of nitrogens with two attached hydrogens (primary N) is 1. The Hall–Kier alpha value is -0.570. The van der Waals surface area contributed by atoms with Gasteiger partial charge in [0, 0.05) is 12.6 Å². The Kier molecular flexibility index (Phi) is 3.36. The van der Waals surface area contributed by atoms with E-state index in [1.54, 1.807) is 0 Å². The quantitative estimate of drug-likeness (QED) is 0.584. The first-order valence-electron chi connectivity index (χ1n) is 4.29. The molecule has 3 nitrogen and oxygen atoms in total. The zero-order valence-electron chi connectivity index (χ0n) is 6.83. The van der Waals surface area contributed by atoms with Gasteiger partial charge in [0.2, 0.25) is 6.41 Å². The molecular formula is C8H16N2O. The number of carbonyl (C=O) groups is 1. The molecule has 1 aliphatic carbocycles. The second kappa shape index (κ2) is 4.34. The predicted molar refractivity (Wildman–Crippen MR) is 44.1 cm³/mol. The van der Waals surface area contributed by atoms with E-state index in [9.17, 15) is 4.79 Å². The predicted octanol–water partition coefficient (Wildman–Crippen LogP) is 0.346. The summed E-state index contributed by atoms with van der Waals surface area (Å²) in [4.78, 5) is 12.4. The van der Waals surface area contributed by atoms with Crippen molar-refractivity contribution in [3.8, 4) is 0 Å². The Morgan fingerprint density at radius 2 is 2.27 bits per heavy atom. The van der Waals surface area contributed by atoms with E-state index >= 15 is 0 Å².